The zero-order chi connectivity index (χ0) is 30.6. The number of fused-ring (bicyclic) bond motifs is 1. The van der Waals surface area contributed by atoms with Gasteiger partial charge in [0.05, 0.1) is 12.1 Å². The number of aliphatic carboxylic acids is 1. The van der Waals surface area contributed by atoms with Crippen LogP contribution in [-0.2, 0) is 32.0 Å². The van der Waals surface area contributed by atoms with Crippen molar-refractivity contribution in [2.45, 2.75) is 69.3 Å². The molecule has 0 spiro atoms. The van der Waals surface area contributed by atoms with Gasteiger partial charge in [0.2, 0.25) is 17.7 Å². The second-order valence-electron chi connectivity index (χ2n) is 10.3. The number of carbonyl (C=O) groups excluding carboxylic acids is 3. The van der Waals surface area contributed by atoms with Crippen molar-refractivity contribution in [2.75, 3.05) is 6.54 Å². The number of aromatic nitrogens is 1. The Labute approximate surface area is 244 Å². The zero-order valence-electron chi connectivity index (χ0n) is 23.6. The minimum atomic E-state index is -1.57. The summed E-state index contributed by atoms with van der Waals surface area (Å²) >= 11 is 0. The fraction of sp³-hybridized carbons (Fsp3) is 0.400. The number of hydrogen-bond acceptors (Lipinski definition) is 7. The number of carboxylic acids is 1. The number of para-hydroxylation sites is 1. The monoisotopic (exact) mass is 580 g/mol. The lowest BCUT2D eigenvalue weighted by Gasteiger charge is -2.26. The SMILES string of the molecule is CC(O)[C@H](NC(=O)[C@H](CCCCN)NC(=O)[C@H](Cc1c[nH]c2ccccc12)NC(=O)[C@@H](N)Cc1ccccc1)C(=O)O. The van der Waals surface area contributed by atoms with Crippen LogP contribution in [0.4, 0.5) is 0 Å². The van der Waals surface area contributed by atoms with E-state index in [0.29, 0.717) is 19.4 Å². The highest BCUT2D eigenvalue weighted by molar-refractivity contribution is 5.95. The van der Waals surface area contributed by atoms with Crippen molar-refractivity contribution in [1.82, 2.24) is 20.9 Å². The van der Waals surface area contributed by atoms with Crippen LogP contribution in [0.2, 0.25) is 0 Å². The first-order valence-corrected chi connectivity index (χ1v) is 14.0. The van der Waals surface area contributed by atoms with Gasteiger partial charge >= 0.3 is 5.97 Å². The quantitative estimate of drug-likeness (QED) is 0.110. The molecular weight excluding hydrogens is 540 g/mol. The van der Waals surface area contributed by atoms with E-state index < -0.39 is 54.0 Å². The second-order valence-corrected chi connectivity index (χ2v) is 10.3. The van der Waals surface area contributed by atoms with Gasteiger partial charge in [0.15, 0.2) is 6.04 Å². The minimum Gasteiger partial charge on any atom is -0.480 e. The Kier molecular flexibility index (Phi) is 12.0. The van der Waals surface area contributed by atoms with Crippen molar-refractivity contribution in [1.29, 1.82) is 0 Å². The van der Waals surface area contributed by atoms with Crippen LogP contribution < -0.4 is 27.4 Å². The molecule has 226 valence electrons. The third kappa shape index (κ3) is 9.13. The number of aromatic amines is 1. The predicted molar refractivity (Wildman–Crippen MR) is 158 cm³/mol. The van der Waals surface area contributed by atoms with Gasteiger partial charge in [0.25, 0.3) is 0 Å². The van der Waals surface area contributed by atoms with Crippen molar-refractivity contribution in [3.63, 3.8) is 0 Å². The van der Waals surface area contributed by atoms with Gasteiger partial charge in [-0.05, 0) is 56.3 Å². The minimum absolute atomic E-state index is 0.0994. The lowest BCUT2D eigenvalue weighted by Crippen LogP contribution is -2.58. The Hall–Kier alpha value is -4.26. The van der Waals surface area contributed by atoms with Crippen LogP contribution in [0.3, 0.4) is 0 Å². The van der Waals surface area contributed by atoms with Crippen LogP contribution in [0.15, 0.2) is 60.8 Å². The molecule has 1 unspecified atom stereocenters. The van der Waals surface area contributed by atoms with Crippen molar-refractivity contribution in [3.05, 3.63) is 71.9 Å². The average molecular weight is 581 g/mol. The van der Waals surface area contributed by atoms with Crippen LogP contribution in [0.1, 0.15) is 37.3 Å². The number of carboxylic acid groups (broad SMARTS) is 1. The largest absolute Gasteiger partial charge is 0.480 e. The molecular formula is C30H40N6O6. The normalized spacial score (nSPS) is 14.8. The number of aliphatic hydroxyl groups is 1. The summed E-state index contributed by atoms with van der Waals surface area (Å²) in [6.07, 6.45) is 1.96. The molecule has 10 N–H and O–H groups in total. The highest BCUT2D eigenvalue weighted by Crippen LogP contribution is 2.19. The standard InChI is InChI=1S/C30H40N6O6/c1-18(37)26(30(41)42)36-28(39)24(13-7-8-14-31)34-29(40)25(16-20-17-33-23-12-6-5-11-21(20)23)35-27(38)22(32)15-19-9-3-2-4-10-19/h2-6,9-12,17-18,22,24-26,33,37H,7-8,13-16,31-32H2,1H3,(H,34,40)(H,35,38)(H,36,39)(H,41,42)/t18?,22-,24-,25-,26-/m0/s1. The van der Waals surface area contributed by atoms with E-state index in [1.165, 1.54) is 6.92 Å². The first-order valence-electron chi connectivity index (χ1n) is 14.0. The molecule has 3 aromatic rings. The van der Waals surface area contributed by atoms with Gasteiger partial charge in [-0.15, -0.1) is 0 Å². The summed E-state index contributed by atoms with van der Waals surface area (Å²) in [6, 6.07) is 12.0. The number of aliphatic hydroxyl groups excluding tert-OH is 1. The second kappa shape index (κ2) is 15.7. The van der Waals surface area contributed by atoms with Crippen LogP contribution in [0, 0.1) is 0 Å². The fourth-order valence-corrected chi connectivity index (χ4v) is 4.65. The highest BCUT2D eigenvalue weighted by Gasteiger charge is 2.32. The van der Waals surface area contributed by atoms with E-state index in [0.717, 1.165) is 22.0 Å². The molecule has 0 aliphatic heterocycles. The van der Waals surface area contributed by atoms with Gasteiger partial charge in [-0.1, -0.05) is 48.5 Å². The molecule has 5 atom stereocenters. The molecule has 12 nitrogen and oxygen atoms in total. The van der Waals surface area contributed by atoms with Crippen LogP contribution in [0.5, 0.6) is 0 Å². The lowest BCUT2D eigenvalue weighted by molar-refractivity contribution is -0.145. The van der Waals surface area contributed by atoms with E-state index in [1.807, 2.05) is 54.6 Å². The number of amides is 3. The molecule has 1 aromatic heterocycles. The fourth-order valence-electron chi connectivity index (χ4n) is 4.65. The van der Waals surface area contributed by atoms with E-state index in [-0.39, 0.29) is 19.3 Å². The van der Waals surface area contributed by atoms with E-state index in [1.54, 1.807) is 6.20 Å². The summed E-state index contributed by atoms with van der Waals surface area (Å²) in [6.45, 7) is 1.61. The summed E-state index contributed by atoms with van der Waals surface area (Å²) in [5.41, 5.74) is 14.3. The lowest BCUT2D eigenvalue weighted by atomic mass is 10.0. The molecule has 3 rings (SSSR count). The predicted octanol–water partition coefficient (Wildman–Crippen LogP) is 0.329. The van der Waals surface area contributed by atoms with Crippen molar-refractivity contribution in [3.8, 4) is 0 Å². The highest BCUT2D eigenvalue weighted by atomic mass is 16.4. The van der Waals surface area contributed by atoms with E-state index in [2.05, 4.69) is 20.9 Å². The van der Waals surface area contributed by atoms with Crippen LogP contribution in [-0.4, -0.2) is 75.7 Å². The maximum atomic E-state index is 13.7. The summed E-state index contributed by atoms with van der Waals surface area (Å²) in [4.78, 5) is 54.6. The molecule has 42 heavy (non-hydrogen) atoms. The molecule has 0 saturated heterocycles. The van der Waals surface area contributed by atoms with E-state index >= 15 is 0 Å². The third-order valence-corrected chi connectivity index (χ3v) is 6.99. The summed E-state index contributed by atoms with van der Waals surface area (Å²) in [5.74, 6) is -3.37. The van der Waals surface area contributed by atoms with Crippen LogP contribution in [0.25, 0.3) is 10.9 Å². The Morgan fingerprint density at radius 1 is 0.857 bits per heavy atom. The van der Waals surface area contributed by atoms with Gasteiger partial charge < -0.3 is 42.6 Å². The molecule has 12 heteroatoms. The molecule has 3 amide bonds. The Balaban J connectivity index is 1.83. The van der Waals surface area contributed by atoms with E-state index in [9.17, 15) is 29.4 Å². The first kappa shape index (κ1) is 32.3. The van der Waals surface area contributed by atoms with Gasteiger partial charge in [-0.2, -0.15) is 0 Å². The van der Waals surface area contributed by atoms with Crippen LogP contribution >= 0.6 is 0 Å². The Morgan fingerprint density at radius 3 is 2.17 bits per heavy atom. The summed E-state index contributed by atoms with van der Waals surface area (Å²) in [7, 11) is 0. The van der Waals surface area contributed by atoms with Crippen molar-refractivity contribution in [2.24, 2.45) is 11.5 Å². The number of unbranched alkanes of at least 4 members (excludes halogenated alkanes) is 1. The summed E-state index contributed by atoms with van der Waals surface area (Å²) in [5, 5.41) is 27.8. The topological polar surface area (TPSA) is 213 Å². The molecule has 0 saturated carbocycles. The number of H-pyrrole nitrogens is 1. The number of benzene rings is 2. The molecule has 0 aliphatic rings. The number of nitrogens with two attached hydrogens (primary N) is 2. The molecule has 0 radical (unpaired) electrons. The number of nitrogens with one attached hydrogen (secondary N) is 4. The Bertz CT molecular complexity index is 1340. The molecule has 0 fully saturated rings. The maximum Gasteiger partial charge on any atom is 0.328 e. The molecule has 2 aromatic carbocycles. The third-order valence-electron chi connectivity index (χ3n) is 6.99. The van der Waals surface area contributed by atoms with Gasteiger partial charge in [-0.3, -0.25) is 14.4 Å². The number of carbonyl (C=O) groups is 4. The van der Waals surface area contributed by atoms with Gasteiger partial charge in [-0.25, -0.2) is 4.79 Å². The van der Waals surface area contributed by atoms with Gasteiger partial charge in [0.1, 0.15) is 12.1 Å². The first-order chi connectivity index (χ1) is 20.1. The maximum absolute atomic E-state index is 13.7. The number of hydrogen-bond donors (Lipinski definition) is 8. The average Bonchev–Trinajstić information content (AvgIpc) is 3.37. The zero-order valence-corrected chi connectivity index (χ0v) is 23.6. The van der Waals surface area contributed by atoms with Crippen molar-refractivity contribution >= 4 is 34.6 Å². The summed E-state index contributed by atoms with van der Waals surface area (Å²) < 4.78 is 0. The molecule has 0 aliphatic carbocycles. The smallest absolute Gasteiger partial charge is 0.328 e. The van der Waals surface area contributed by atoms with Gasteiger partial charge in [0, 0.05) is 23.5 Å². The molecule has 1 heterocycles. The number of rotatable bonds is 16. The van der Waals surface area contributed by atoms with Crippen molar-refractivity contribution < 1.29 is 29.4 Å². The Morgan fingerprint density at radius 2 is 1.50 bits per heavy atom. The van der Waals surface area contributed by atoms with E-state index in [4.69, 9.17) is 11.5 Å². The molecule has 0 bridgehead atoms.